The second kappa shape index (κ2) is 7.67. The van der Waals surface area contributed by atoms with E-state index >= 15 is 0 Å². The SMILES string of the molecule is COc1ccc(CSc2nnnn2C)cc1C#CCCO. The van der Waals surface area contributed by atoms with Gasteiger partial charge in [0.25, 0.3) is 0 Å². The van der Waals surface area contributed by atoms with Crippen LogP contribution >= 0.6 is 11.8 Å². The van der Waals surface area contributed by atoms with Gasteiger partial charge in [-0.2, -0.15) is 0 Å². The zero-order valence-electron chi connectivity index (χ0n) is 11.9. The number of thioether (sulfide) groups is 1. The molecule has 0 radical (unpaired) electrons. The summed E-state index contributed by atoms with van der Waals surface area (Å²) in [5.74, 6) is 7.40. The highest BCUT2D eigenvalue weighted by molar-refractivity contribution is 7.98. The van der Waals surface area contributed by atoms with E-state index in [4.69, 9.17) is 9.84 Å². The predicted octanol–water partition coefficient (Wildman–Crippen LogP) is 1.24. The predicted molar refractivity (Wildman–Crippen MR) is 79.9 cm³/mol. The molecule has 0 aliphatic heterocycles. The van der Waals surface area contributed by atoms with Crippen molar-refractivity contribution in [3.05, 3.63) is 29.3 Å². The molecule has 0 fully saturated rings. The normalized spacial score (nSPS) is 10.0. The van der Waals surface area contributed by atoms with E-state index < -0.39 is 0 Å². The van der Waals surface area contributed by atoms with Gasteiger partial charge in [0.1, 0.15) is 5.75 Å². The minimum atomic E-state index is 0.0595. The quantitative estimate of drug-likeness (QED) is 0.662. The summed E-state index contributed by atoms with van der Waals surface area (Å²) in [4.78, 5) is 0. The number of nitrogens with zero attached hydrogens (tertiary/aromatic N) is 4. The molecule has 1 heterocycles. The van der Waals surface area contributed by atoms with Gasteiger partial charge in [-0.1, -0.05) is 29.7 Å². The molecule has 0 spiro atoms. The lowest BCUT2D eigenvalue weighted by Gasteiger charge is -2.06. The van der Waals surface area contributed by atoms with Crippen molar-refractivity contribution in [2.45, 2.75) is 17.3 Å². The van der Waals surface area contributed by atoms with Gasteiger partial charge < -0.3 is 9.84 Å². The van der Waals surface area contributed by atoms with E-state index in [0.717, 1.165) is 27.8 Å². The number of ether oxygens (including phenoxy) is 1. The summed E-state index contributed by atoms with van der Waals surface area (Å²) in [6.07, 6.45) is 0.451. The summed E-state index contributed by atoms with van der Waals surface area (Å²) in [6, 6.07) is 5.88. The van der Waals surface area contributed by atoms with Gasteiger partial charge >= 0.3 is 0 Å². The van der Waals surface area contributed by atoms with Crippen molar-refractivity contribution in [1.82, 2.24) is 20.2 Å². The van der Waals surface area contributed by atoms with Crippen LogP contribution in [0.1, 0.15) is 17.5 Å². The smallest absolute Gasteiger partial charge is 0.209 e. The van der Waals surface area contributed by atoms with Crippen LogP contribution in [-0.2, 0) is 12.8 Å². The van der Waals surface area contributed by atoms with Gasteiger partial charge in [-0.05, 0) is 28.1 Å². The first-order valence-corrected chi connectivity index (χ1v) is 7.35. The monoisotopic (exact) mass is 304 g/mol. The van der Waals surface area contributed by atoms with Crippen LogP contribution < -0.4 is 4.74 Å². The van der Waals surface area contributed by atoms with Crippen LogP contribution in [0.5, 0.6) is 5.75 Å². The fourth-order valence-electron chi connectivity index (χ4n) is 1.65. The van der Waals surface area contributed by atoms with Crippen molar-refractivity contribution >= 4 is 11.8 Å². The Kier molecular flexibility index (Phi) is 5.60. The minimum Gasteiger partial charge on any atom is -0.495 e. The van der Waals surface area contributed by atoms with Crippen molar-refractivity contribution in [1.29, 1.82) is 0 Å². The van der Waals surface area contributed by atoms with Crippen molar-refractivity contribution in [3.8, 4) is 17.6 Å². The number of rotatable bonds is 5. The summed E-state index contributed by atoms with van der Waals surface area (Å²) in [5.41, 5.74) is 1.93. The van der Waals surface area contributed by atoms with Gasteiger partial charge in [-0.15, -0.1) is 5.10 Å². The molecule has 2 rings (SSSR count). The van der Waals surface area contributed by atoms with Gasteiger partial charge in [0, 0.05) is 19.2 Å². The molecule has 0 saturated heterocycles. The van der Waals surface area contributed by atoms with Crippen LogP contribution in [0.2, 0.25) is 0 Å². The molecule has 0 saturated carbocycles. The zero-order chi connectivity index (χ0) is 15.1. The van der Waals surface area contributed by atoms with Gasteiger partial charge in [-0.25, -0.2) is 4.68 Å². The molecule has 0 aliphatic rings. The second-order valence-corrected chi connectivity index (χ2v) is 5.13. The number of aliphatic hydroxyl groups excluding tert-OH is 1. The molecule has 0 unspecified atom stereocenters. The summed E-state index contributed by atoms with van der Waals surface area (Å²) in [7, 11) is 3.42. The maximum absolute atomic E-state index is 8.78. The maximum Gasteiger partial charge on any atom is 0.209 e. The molecule has 1 N–H and O–H groups in total. The van der Waals surface area contributed by atoms with E-state index in [2.05, 4.69) is 27.4 Å². The van der Waals surface area contributed by atoms with Crippen molar-refractivity contribution in [3.63, 3.8) is 0 Å². The summed E-state index contributed by atoms with van der Waals surface area (Å²) in [5, 5.41) is 20.9. The third-order valence-electron chi connectivity index (χ3n) is 2.67. The van der Waals surface area contributed by atoms with Gasteiger partial charge in [0.2, 0.25) is 5.16 Å². The Morgan fingerprint density at radius 2 is 2.29 bits per heavy atom. The lowest BCUT2D eigenvalue weighted by Crippen LogP contribution is -1.94. The first kappa shape index (κ1) is 15.4. The molecule has 21 heavy (non-hydrogen) atoms. The summed E-state index contributed by atoms with van der Waals surface area (Å²) < 4.78 is 6.93. The Bertz CT molecular complexity index is 660. The van der Waals surface area contributed by atoms with Crippen molar-refractivity contribution in [2.24, 2.45) is 7.05 Å². The van der Waals surface area contributed by atoms with E-state index in [-0.39, 0.29) is 6.61 Å². The number of aliphatic hydroxyl groups is 1. The van der Waals surface area contributed by atoms with Gasteiger partial charge in [0.15, 0.2) is 0 Å². The molecule has 1 aromatic heterocycles. The third kappa shape index (κ3) is 4.21. The molecule has 7 heteroatoms. The Hall–Kier alpha value is -2.04. The maximum atomic E-state index is 8.78. The first-order chi connectivity index (χ1) is 10.2. The fraction of sp³-hybridized carbons (Fsp3) is 0.357. The molecule has 0 atom stereocenters. The van der Waals surface area contributed by atoms with E-state index in [1.54, 1.807) is 23.6 Å². The molecule has 2 aromatic rings. The van der Waals surface area contributed by atoms with Gasteiger partial charge in [0.05, 0.1) is 19.3 Å². The van der Waals surface area contributed by atoms with Crippen LogP contribution in [0.15, 0.2) is 23.4 Å². The average molecular weight is 304 g/mol. The molecule has 0 amide bonds. The van der Waals surface area contributed by atoms with E-state index in [1.807, 2.05) is 25.2 Å². The van der Waals surface area contributed by atoms with E-state index in [0.29, 0.717) is 6.42 Å². The zero-order valence-corrected chi connectivity index (χ0v) is 12.7. The molecule has 1 aromatic carbocycles. The number of aryl methyl sites for hydroxylation is 1. The minimum absolute atomic E-state index is 0.0595. The second-order valence-electron chi connectivity index (χ2n) is 4.18. The number of methoxy groups -OCH3 is 1. The van der Waals surface area contributed by atoms with Crippen LogP contribution in [0.4, 0.5) is 0 Å². The third-order valence-corrected chi connectivity index (χ3v) is 3.75. The Morgan fingerprint density at radius 1 is 1.43 bits per heavy atom. The number of benzene rings is 1. The molecule has 110 valence electrons. The van der Waals surface area contributed by atoms with Crippen LogP contribution in [0.25, 0.3) is 0 Å². The average Bonchev–Trinajstić information content (AvgIpc) is 2.91. The van der Waals surface area contributed by atoms with Crippen LogP contribution in [0, 0.1) is 11.8 Å². The number of hydrogen-bond donors (Lipinski definition) is 1. The Balaban J connectivity index is 2.12. The lowest BCUT2D eigenvalue weighted by molar-refractivity contribution is 0.305. The highest BCUT2D eigenvalue weighted by Crippen LogP contribution is 2.24. The molecule has 0 bridgehead atoms. The lowest BCUT2D eigenvalue weighted by atomic mass is 10.1. The van der Waals surface area contributed by atoms with Crippen molar-refractivity contribution < 1.29 is 9.84 Å². The van der Waals surface area contributed by atoms with Gasteiger partial charge in [-0.3, -0.25) is 0 Å². The topological polar surface area (TPSA) is 73.1 Å². The van der Waals surface area contributed by atoms with Crippen LogP contribution in [-0.4, -0.2) is 39.0 Å². The highest BCUT2D eigenvalue weighted by atomic mass is 32.2. The number of hydrogen-bond acceptors (Lipinski definition) is 6. The van der Waals surface area contributed by atoms with E-state index in [1.165, 1.54) is 0 Å². The number of tetrazole rings is 1. The van der Waals surface area contributed by atoms with Crippen molar-refractivity contribution in [2.75, 3.05) is 13.7 Å². The Morgan fingerprint density at radius 3 is 2.95 bits per heavy atom. The number of aromatic nitrogens is 4. The molecule has 0 aliphatic carbocycles. The van der Waals surface area contributed by atoms with E-state index in [9.17, 15) is 0 Å². The Labute approximate surface area is 127 Å². The highest BCUT2D eigenvalue weighted by Gasteiger charge is 2.06. The molecular weight excluding hydrogens is 288 g/mol. The first-order valence-electron chi connectivity index (χ1n) is 6.36. The molecular formula is C14H16N4O2S. The fourth-order valence-corrected chi connectivity index (χ4v) is 2.44. The van der Waals surface area contributed by atoms with Crippen LogP contribution in [0.3, 0.4) is 0 Å². The summed E-state index contributed by atoms with van der Waals surface area (Å²) >= 11 is 1.56. The standard InChI is InChI=1S/C14H16N4O2S/c1-18-14(15-16-17-18)21-10-11-6-7-13(20-2)12(9-11)5-3-4-8-19/h6-7,9,19H,4,8,10H2,1-2H3. The largest absolute Gasteiger partial charge is 0.495 e. The molecule has 6 nitrogen and oxygen atoms in total. The summed E-state index contributed by atoms with van der Waals surface area (Å²) in [6.45, 7) is 0.0595.